The number of aliphatic carboxylic acids is 1. The molecule has 0 radical (unpaired) electrons. The smallest absolute Gasteiger partial charge is 0.475 e. The van der Waals surface area contributed by atoms with Crippen LogP contribution in [-0.2, 0) is 4.79 Å². The topological polar surface area (TPSA) is 88.0 Å². The number of nitrogens with zero attached hydrogens (tertiary/aromatic N) is 3. The second kappa shape index (κ2) is 7.96. The lowest BCUT2D eigenvalue weighted by Gasteiger charge is -2.08. The first-order valence-electron chi connectivity index (χ1n) is 7.07. The molecule has 0 atom stereocenters. The van der Waals surface area contributed by atoms with Crippen LogP contribution in [0, 0.1) is 6.92 Å². The standard InChI is InChI=1S/C14H11ClN4.C2HF3O2/c1-9-7-10(4-5-11(9)15)19-14-13-12(17-8-18-14)3-2-6-16-13;3-2(4,5)1(6)7/h2-8H,1H3,(H,17,18,19);(H,6,7). The number of pyridine rings is 1. The molecule has 10 heteroatoms. The Kier molecular flexibility index (Phi) is 5.93. The number of rotatable bonds is 2. The Morgan fingerprint density at radius 2 is 1.88 bits per heavy atom. The molecule has 2 heterocycles. The number of hydrogen-bond acceptors (Lipinski definition) is 5. The van der Waals surface area contributed by atoms with Crippen molar-refractivity contribution in [2.75, 3.05) is 5.32 Å². The van der Waals surface area contributed by atoms with E-state index < -0.39 is 12.1 Å². The number of anilines is 2. The predicted octanol–water partition coefficient (Wildman–Crippen LogP) is 4.36. The lowest BCUT2D eigenvalue weighted by atomic mass is 10.2. The molecule has 136 valence electrons. The molecule has 26 heavy (non-hydrogen) atoms. The maximum absolute atomic E-state index is 10.6. The van der Waals surface area contributed by atoms with Gasteiger partial charge in [-0.2, -0.15) is 13.2 Å². The molecule has 1 aromatic carbocycles. The van der Waals surface area contributed by atoms with Crippen LogP contribution in [0.1, 0.15) is 5.56 Å². The van der Waals surface area contributed by atoms with Crippen LogP contribution in [0.15, 0.2) is 42.9 Å². The molecule has 3 rings (SSSR count). The first-order chi connectivity index (χ1) is 12.2. The Labute approximate surface area is 150 Å². The number of fused-ring (bicyclic) bond motifs is 1. The summed E-state index contributed by atoms with van der Waals surface area (Å²) in [6.07, 6.45) is -1.83. The van der Waals surface area contributed by atoms with Gasteiger partial charge in [0.2, 0.25) is 0 Å². The molecule has 0 saturated carbocycles. The van der Waals surface area contributed by atoms with Crippen molar-refractivity contribution in [3.8, 4) is 0 Å². The molecule has 2 N–H and O–H groups in total. The number of aromatic nitrogens is 3. The molecule has 0 aliphatic heterocycles. The summed E-state index contributed by atoms with van der Waals surface area (Å²) in [6, 6.07) is 9.50. The van der Waals surface area contributed by atoms with Crippen LogP contribution in [0.2, 0.25) is 5.02 Å². The summed E-state index contributed by atoms with van der Waals surface area (Å²) < 4.78 is 31.7. The number of hydrogen-bond donors (Lipinski definition) is 2. The summed E-state index contributed by atoms with van der Waals surface area (Å²) in [6.45, 7) is 1.96. The molecule has 0 unspecified atom stereocenters. The van der Waals surface area contributed by atoms with Crippen LogP contribution >= 0.6 is 11.6 Å². The Morgan fingerprint density at radius 3 is 2.50 bits per heavy atom. The average molecular weight is 385 g/mol. The summed E-state index contributed by atoms with van der Waals surface area (Å²) >= 11 is 6.01. The van der Waals surface area contributed by atoms with E-state index in [0.717, 1.165) is 27.3 Å². The van der Waals surface area contributed by atoms with Gasteiger partial charge in [0.15, 0.2) is 5.82 Å². The lowest BCUT2D eigenvalue weighted by Crippen LogP contribution is -2.21. The van der Waals surface area contributed by atoms with E-state index in [4.69, 9.17) is 21.5 Å². The van der Waals surface area contributed by atoms with Crippen molar-refractivity contribution in [2.24, 2.45) is 0 Å². The first-order valence-corrected chi connectivity index (χ1v) is 7.45. The zero-order valence-corrected chi connectivity index (χ0v) is 14.0. The van der Waals surface area contributed by atoms with Crippen LogP contribution in [0.5, 0.6) is 0 Å². The van der Waals surface area contributed by atoms with Crippen molar-refractivity contribution in [3.05, 3.63) is 53.4 Å². The molecule has 0 spiro atoms. The van der Waals surface area contributed by atoms with E-state index in [1.807, 2.05) is 37.3 Å². The summed E-state index contributed by atoms with van der Waals surface area (Å²) in [7, 11) is 0. The molecular formula is C16H12ClF3N4O2. The van der Waals surface area contributed by atoms with Crippen molar-refractivity contribution in [3.63, 3.8) is 0 Å². The van der Waals surface area contributed by atoms with E-state index in [0.29, 0.717) is 5.82 Å². The number of benzene rings is 1. The Morgan fingerprint density at radius 1 is 1.19 bits per heavy atom. The molecular weight excluding hydrogens is 373 g/mol. The Hall–Kier alpha value is -2.94. The van der Waals surface area contributed by atoms with Gasteiger partial charge >= 0.3 is 12.1 Å². The van der Waals surface area contributed by atoms with Gasteiger partial charge in [0.05, 0.1) is 5.52 Å². The van der Waals surface area contributed by atoms with E-state index in [1.165, 1.54) is 6.33 Å². The van der Waals surface area contributed by atoms with Crippen molar-refractivity contribution >= 4 is 40.1 Å². The van der Waals surface area contributed by atoms with Gasteiger partial charge in [0.25, 0.3) is 0 Å². The summed E-state index contributed by atoms with van der Waals surface area (Å²) in [5.74, 6) is -2.07. The molecule has 3 aromatic rings. The van der Waals surface area contributed by atoms with Crippen molar-refractivity contribution < 1.29 is 23.1 Å². The number of carbonyl (C=O) groups is 1. The van der Waals surface area contributed by atoms with Crippen LogP contribution in [-0.4, -0.2) is 32.2 Å². The molecule has 6 nitrogen and oxygen atoms in total. The first kappa shape index (κ1) is 19.4. The van der Waals surface area contributed by atoms with E-state index >= 15 is 0 Å². The number of carboxylic acid groups (broad SMARTS) is 1. The number of carboxylic acids is 1. The normalized spacial score (nSPS) is 10.8. The Bertz CT molecular complexity index is 930. The highest BCUT2D eigenvalue weighted by Crippen LogP contribution is 2.24. The molecule has 0 amide bonds. The second-order valence-corrected chi connectivity index (χ2v) is 5.39. The Balaban J connectivity index is 0.000000298. The van der Waals surface area contributed by atoms with Crippen LogP contribution in [0.4, 0.5) is 24.7 Å². The zero-order valence-electron chi connectivity index (χ0n) is 13.3. The van der Waals surface area contributed by atoms with E-state index in [2.05, 4.69) is 20.3 Å². The maximum atomic E-state index is 10.6. The van der Waals surface area contributed by atoms with Gasteiger partial charge in [0, 0.05) is 16.9 Å². The van der Waals surface area contributed by atoms with E-state index in [-0.39, 0.29) is 0 Å². The van der Waals surface area contributed by atoms with Crippen molar-refractivity contribution in [2.45, 2.75) is 13.1 Å². The van der Waals surface area contributed by atoms with Gasteiger partial charge in [0.1, 0.15) is 11.8 Å². The second-order valence-electron chi connectivity index (χ2n) is 4.99. The molecule has 0 fully saturated rings. The zero-order chi connectivity index (χ0) is 19.3. The lowest BCUT2D eigenvalue weighted by molar-refractivity contribution is -0.192. The van der Waals surface area contributed by atoms with Gasteiger partial charge in [-0.3, -0.25) is 4.98 Å². The summed E-state index contributed by atoms with van der Waals surface area (Å²) in [4.78, 5) is 21.6. The van der Waals surface area contributed by atoms with Crippen LogP contribution in [0.3, 0.4) is 0 Å². The third kappa shape index (κ3) is 5.03. The fourth-order valence-electron chi connectivity index (χ4n) is 1.84. The van der Waals surface area contributed by atoms with Gasteiger partial charge in [-0.25, -0.2) is 14.8 Å². The van der Waals surface area contributed by atoms with E-state index in [1.54, 1.807) is 6.20 Å². The van der Waals surface area contributed by atoms with Gasteiger partial charge in [-0.15, -0.1) is 0 Å². The predicted molar refractivity (Wildman–Crippen MR) is 90.5 cm³/mol. The van der Waals surface area contributed by atoms with E-state index in [9.17, 15) is 13.2 Å². The van der Waals surface area contributed by atoms with Crippen molar-refractivity contribution in [1.29, 1.82) is 0 Å². The number of alkyl halides is 3. The quantitative estimate of drug-likeness (QED) is 0.682. The molecule has 0 aliphatic carbocycles. The largest absolute Gasteiger partial charge is 0.490 e. The third-order valence-corrected chi connectivity index (χ3v) is 3.48. The summed E-state index contributed by atoms with van der Waals surface area (Å²) in [5.41, 5.74) is 3.49. The molecule has 2 aromatic heterocycles. The highest BCUT2D eigenvalue weighted by molar-refractivity contribution is 6.31. The summed E-state index contributed by atoms with van der Waals surface area (Å²) in [5, 5.41) is 11.1. The minimum atomic E-state index is -5.08. The SMILES string of the molecule is Cc1cc(Nc2ncnc3cccnc23)ccc1Cl.O=C(O)C(F)(F)F. The molecule has 0 aliphatic rings. The van der Waals surface area contributed by atoms with Crippen LogP contribution < -0.4 is 5.32 Å². The van der Waals surface area contributed by atoms with Gasteiger partial charge in [-0.05, 0) is 42.8 Å². The minimum absolute atomic E-state index is 0.687. The van der Waals surface area contributed by atoms with Crippen molar-refractivity contribution in [1.82, 2.24) is 15.0 Å². The monoisotopic (exact) mass is 384 g/mol. The number of nitrogens with one attached hydrogen (secondary N) is 1. The van der Waals surface area contributed by atoms with Gasteiger partial charge in [-0.1, -0.05) is 11.6 Å². The maximum Gasteiger partial charge on any atom is 0.490 e. The fourth-order valence-corrected chi connectivity index (χ4v) is 1.96. The highest BCUT2D eigenvalue weighted by atomic mass is 35.5. The third-order valence-electron chi connectivity index (χ3n) is 3.06. The van der Waals surface area contributed by atoms with Crippen LogP contribution in [0.25, 0.3) is 11.0 Å². The fraction of sp³-hybridized carbons (Fsp3) is 0.125. The number of halogens is 4. The molecule has 0 bridgehead atoms. The average Bonchev–Trinajstić information content (AvgIpc) is 2.58. The number of aryl methyl sites for hydroxylation is 1. The minimum Gasteiger partial charge on any atom is -0.475 e. The van der Waals surface area contributed by atoms with Gasteiger partial charge < -0.3 is 10.4 Å². The molecule has 0 saturated heterocycles. The highest BCUT2D eigenvalue weighted by Gasteiger charge is 2.38.